The Bertz CT molecular complexity index is 764. The van der Waals surface area contributed by atoms with Crippen LogP contribution in [0.3, 0.4) is 0 Å². The number of hydrogen-bond acceptors (Lipinski definition) is 2. The summed E-state index contributed by atoms with van der Waals surface area (Å²) in [5.74, 6) is -0.131. The number of halogens is 1. The van der Waals surface area contributed by atoms with Crippen molar-refractivity contribution in [1.29, 1.82) is 0 Å². The lowest BCUT2D eigenvalue weighted by atomic mass is 10.2. The summed E-state index contributed by atoms with van der Waals surface area (Å²) in [7, 11) is 0. The number of thiocarbonyl (C=S) groups is 1. The van der Waals surface area contributed by atoms with Gasteiger partial charge in [0, 0.05) is 22.9 Å². The van der Waals surface area contributed by atoms with Crippen molar-refractivity contribution in [3.05, 3.63) is 59.1 Å². The van der Waals surface area contributed by atoms with E-state index >= 15 is 0 Å². The van der Waals surface area contributed by atoms with Gasteiger partial charge in [0.25, 0.3) is 0 Å². The number of hydrogen-bond donors (Lipinski definition) is 2. The van der Waals surface area contributed by atoms with E-state index in [2.05, 4.69) is 17.6 Å². The van der Waals surface area contributed by atoms with Gasteiger partial charge in [-0.2, -0.15) is 0 Å². The first-order chi connectivity index (χ1) is 12.4. The molecule has 0 saturated heterocycles. The van der Waals surface area contributed by atoms with Crippen LogP contribution in [0.1, 0.15) is 25.8 Å². The normalized spacial score (nSPS) is 11.5. The summed E-state index contributed by atoms with van der Waals surface area (Å²) in [6, 6.07) is 14.7. The van der Waals surface area contributed by atoms with Gasteiger partial charge in [-0.3, -0.25) is 4.79 Å². The first kappa shape index (κ1) is 20.2. The number of anilines is 2. The van der Waals surface area contributed by atoms with Crippen molar-refractivity contribution >= 4 is 46.2 Å². The van der Waals surface area contributed by atoms with Crippen LogP contribution in [-0.2, 0) is 4.79 Å². The molecule has 2 aromatic carbocycles. The molecule has 1 amide bonds. The molecule has 0 aliphatic carbocycles. The molecule has 0 aliphatic heterocycles. The first-order valence-electron chi connectivity index (χ1n) is 8.61. The Labute approximate surface area is 165 Å². The predicted molar refractivity (Wildman–Crippen MR) is 114 cm³/mol. The lowest BCUT2D eigenvalue weighted by molar-refractivity contribution is -0.119. The zero-order valence-corrected chi connectivity index (χ0v) is 16.8. The number of nitrogens with one attached hydrogen (secondary N) is 2. The maximum atomic E-state index is 12.7. The fraction of sp³-hybridized carbons (Fsp3) is 0.300. The molecule has 1 atom stereocenters. The van der Waals surface area contributed by atoms with Gasteiger partial charge in [-0.15, -0.1) is 0 Å². The van der Waals surface area contributed by atoms with Crippen LogP contribution in [0.25, 0.3) is 0 Å². The smallest absolute Gasteiger partial charge is 0.246 e. The minimum atomic E-state index is -0.417. The third-order valence-electron chi connectivity index (χ3n) is 3.97. The maximum Gasteiger partial charge on any atom is 0.246 e. The molecule has 0 aliphatic rings. The van der Waals surface area contributed by atoms with E-state index in [0.29, 0.717) is 22.4 Å². The lowest BCUT2D eigenvalue weighted by Crippen LogP contribution is -2.47. The van der Waals surface area contributed by atoms with Crippen molar-refractivity contribution < 1.29 is 4.79 Å². The molecule has 0 aromatic heterocycles. The highest BCUT2D eigenvalue weighted by Crippen LogP contribution is 2.16. The Morgan fingerprint density at radius 2 is 1.85 bits per heavy atom. The third kappa shape index (κ3) is 5.71. The van der Waals surface area contributed by atoms with E-state index in [-0.39, 0.29) is 5.91 Å². The van der Waals surface area contributed by atoms with E-state index in [9.17, 15) is 4.79 Å². The number of carbonyl (C=O) groups is 1. The molecule has 0 unspecified atom stereocenters. The SMILES string of the molecule is CCCN(C(=S)Nc1ccc(C)cc1)[C@H](C)C(=O)Nc1cccc(Cl)c1. The van der Waals surface area contributed by atoms with Gasteiger partial charge in [0.1, 0.15) is 6.04 Å². The van der Waals surface area contributed by atoms with Crippen LogP contribution in [0.2, 0.25) is 5.02 Å². The van der Waals surface area contributed by atoms with Crippen molar-refractivity contribution in [3.63, 3.8) is 0 Å². The Morgan fingerprint density at radius 3 is 2.46 bits per heavy atom. The Kier molecular flexibility index (Phi) is 7.42. The van der Waals surface area contributed by atoms with E-state index in [0.717, 1.165) is 12.1 Å². The quantitative estimate of drug-likeness (QED) is 0.676. The van der Waals surface area contributed by atoms with Crippen LogP contribution in [0.15, 0.2) is 48.5 Å². The van der Waals surface area contributed by atoms with Crippen LogP contribution in [0.4, 0.5) is 11.4 Å². The number of amides is 1. The maximum absolute atomic E-state index is 12.7. The Hall–Kier alpha value is -2.11. The summed E-state index contributed by atoms with van der Waals surface area (Å²) in [5.41, 5.74) is 2.76. The highest BCUT2D eigenvalue weighted by atomic mass is 35.5. The average Bonchev–Trinajstić information content (AvgIpc) is 2.61. The van der Waals surface area contributed by atoms with Crippen molar-refractivity contribution in [2.24, 2.45) is 0 Å². The minimum absolute atomic E-state index is 0.131. The van der Waals surface area contributed by atoms with Gasteiger partial charge in [0.2, 0.25) is 5.91 Å². The van der Waals surface area contributed by atoms with Crippen LogP contribution < -0.4 is 10.6 Å². The second-order valence-corrected chi connectivity index (χ2v) is 6.99. The summed E-state index contributed by atoms with van der Waals surface area (Å²) in [4.78, 5) is 14.6. The predicted octanol–water partition coefficient (Wildman–Crippen LogP) is 5.08. The molecule has 0 spiro atoms. The molecule has 0 saturated carbocycles. The lowest BCUT2D eigenvalue weighted by Gasteiger charge is -2.30. The number of carbonyl (C=O) groups excluding carboxylic acids is 1. The zero-order chi connectivity index (χ0) is 19.1. The van der Waals surface area contributed by atoms with E-state index in [1.165, 1.54) is 5.56 Å². The molecule has 2 N–H and O–H groups in total. The summed E-state index contributed by atoms with van der Waals surface area (Å²) in [6.07, 6.45) is 0.879. The summed E-state index contributed by atoms with van der Waals surface area (Å²) in [5, 5.41) is 7.23. The van der Waals surface area contributed by atoms with E-state index in [4.69, 9.17) is 23.8 Å². The van der Waals surface area contributed by atoms with Gasteiger partial charge in [0.05, 0.1) is 0 Å². The number of rotatable bonds is 6. The molecule has 6 heteroatoms. The van der Waals surface area contributed by atoms with Gasteiger partial charge >= 0.3 is 0 Å². The standard InChI is InChI=1S/C20H24ClN3OS/c1-4-12-24(20(26)23-17-10-8-14(2)9-11-17)15(3)19(25)22-18-7-5-6-16(21)13-18/h5-11,13,15H,4,12H2,1-3H3,(H,22,25)(H,23,26)/t15-/m1/s1. The highest BCUT2D eigenvalue weighted by Gasteiger charge is 2.23. The molecule has 4 nitrogen and oxygen atoms in total. The van der Waals surface area contributed by atoms with Crippen molar-refractivity contribution in [3.8, 4) is 0 Å². The topological polar surface area (TPSA) is 44.4 Å². The average molecular weight is 390 g/mol. The minimum Gasteiger partial charge on any atom is -0.337 e. The van der Waals surface area contributed by atoms with Crippen LogP contribution in [0.5, 0.6) is 0 Å². The highest BCUT2D eigenvalue weighted by molar-refractivity contribution is 7.80. The second kappa shape index (κ2) is 9.55. The van der Waals surface area contributed by atoms with Gasteiger partial charge in [-0.25, -0.2) is 0 Å². The Morgan fingerprint density at radius 1 is 1.15 bits per heavy atom. The van der Waals surface area contributed by atoms with Gasteiger partial charge in [0.15, 0.2) is 5.11 Å². The molecular weight excluding hydrogens is 366 g/mol. The molecule has 26 heavy (non-hydrogen) atoms. The van der Waals surface area contributed by atoms with E-state index in [1.807, 2.05) is 49.1 Å². The number of benzene rings is 2. The van der Waals surface area contributed by atoms with Crippen LogP contribution >= 0.6 is 23.8 Å². The second-order valence-electron chi connectivity index (χ2n) is 6.17. The molecule has 138 valence electrons. The molecule has 0 radical (unpaired) electrons. The molecule has 2 aromatic rings. The van der Waals surface area contributed by atoms with Crippen LogP contribution in [0, 0.1) is 6.92 Å². The largest absolute Gasteiger partial charge is 0.337 e. The number of nitrogens with zero attached hydrogens (tertiary/aromatic N) is 1. The van der Waals surface area contributed by atoms with E-state index < -0.39 is 6.04 Å². The third-order valence-corrected chi connectivity index (χ3v) is 4.54. The molecule has 0 fully saturated rings. The summed E-state index contributed by atoms with van der Waals surface area (Å²) in [6.45, 7) is 6.62. The fourth-order valence-corrected chi connectivity index (χ4v) is 3.06. The van der Waals surface area contributed by atoms with Gasteiger partial charge in [-0.05, 0) is 62.8 Å². The molecular formula is C20H24ClN3OS. The van der Waals surface area contributed by atoms with Crippen molar-refractivity contribution in [2.75, 3.05) is 17.2 Å². The summed E-state index contributed by atoms with van der Waals surface area (Å²) >= 11 is 11.5. The van der Waals surface area contributed by atoms with Gasteiger partial charge in [-0.1, -0.05) is 42.3 Å². The van der Waals surface area contributed by atoms with Crippen LogP contribution in [-0.4, -0.2) is 28.5 Å². The zero-order valence-electron chi connectivity index (χ0n) is 15.3. The summed E-state index contributed by atoms with van der Waals surface area (Å²) < 4.78 is 0. The monoisotopic (exact) mass is 389 g/mol. The van der Waals surface area contributed by atoms with Crippen molar-refractivity contribution in [1.82, 2.24) is 4.90 Å². The molecule has 0 bridgehead atoms. The first-order valence-corrected chi connectivity index (χ1v) is 9.40. The molecule has 2 rings (SSSR count). The Balaban J connectivity index is 2.07. The molecule has 0 heterocycles. The fourth-order valence-electron chi connectivity index (χ4n) is 2.50. The van der Waals surface area contributed by atoms with Crippen molar-refractivity contribution in [2.45, 2.75) is 33.2 Å². The van der Waals surface area contributed by atoms with Gasteiger partial charge < -0.3 is 15.5 Å². The van der Waals surface area contributed by atoms with E-state index in [1.54, 1.807) is 18.2 Å². The number of aryl methyl sites for hydroxylation is 1.